The van der Waals surface area contributed by atoms with E-state index in [9.17, 15) is 4.79 Å². The molecule has 0 radical (unpaired) electrons. The number of imidazole rings is 1. The summed E-state index contributed by atoms with van der Waals surface area (Å²) >= 11 is 0. The number of carbonyl (C=O) groups is 1. The quantitative estimate of drug-likeness (QED) is 0.255. The van der Waals surface area contributed by atoms with Gasteiger partial charge in [0.05, 0.1) is 18.6 Å². The van der Waals surface area contributed by atoms with Gasteiger partial charge in [-0.15, -0.1) is 0 Å². The number of aromatic amines is 1. The molecule has 1 saturated heterocycles. The van der Waals surface area contributed by atoms with Crippen molar-refractivity contribution < 1.29 is 14.7 Å². The van der Waals surface area contributed by atoms with Crippen molar-refractivity contribution in [2.24, 2.45) is 16.3 Å². The summed E-state index contributed by atoms with van der Waals surface area (Å²) in [5, 5.41) is 14.7. The van der Waals surface area contributed by atoms with Gasteiger partial charge in [-0.1, -0.05) is 5.16 Å². The fraction of sp³-hybridized carbons (Fsp3) is 0.545. The van der Waals surface area contributed by atoms with Crippen LogP contribution in [0.3, 0.4) is 0 Å². The lowest BCUT2D eigenvalue weighted by Gasteiger charge is -2.34. The number of rotatable bonds is 4. The van der Waals surface area contributed by atoms with Crippen molar-refractivity contribution in [1.82, 2.24) is 15.3 Å². The SMILES string of the molecule is NC(=NO)C1(C(=O)NCc2cnc[nH]2)CCOCC1. The van der Waals surface area contributed by atoms with Crippen molar-refractivity contribution in [3.05, 3.63) is 18.2 Å². The van der Waals surface area contributed by atoms with Gasteiger partial charge in [-0.05, 0) is 12.8 Å². The summed E-state index contributed by atoms with van der Waals surface area (Å²) < 4.78 is 5.23. The standard InChI is InChI=1S/C11H17N5O3/c12-9(16-18)11(1-3-19-4-2-11)10(17)14-6-8-5-13-7-15-8/h5,7,18H,1-4,6H2,(H2,12,16)(H,13,15)(H,14,17). The number of nitrogens with zero attached hydrogens (tertiary/aromatic N) is 2. The molecule has 0 bridgehead atoms. The van der Waals surface area contributed by atoms with Crippen molar-refractivity contribution in [3.8, 4) is 0 Å². The van der Waals surface area contributed by atoms with Gasteiger partial charge in [-0.25, -0.2) is 4.98 Å². The molecule has 5 N–H and O–H groups in total. The lowest BCUT2D eigenvalue weighted by molar-refractivity contribution is -0.131. The average molecular weight is 267 g/mol. The number of ether oxygens (including phenoxy) is 1. The third-order valence-corrected chi connectivity index (χ3v) is 3.37. The Morgan fingerprint density at radius 2 is 2.37 bits per heavy atom. The summed E-state index contributed by atoms with van der Waals surface area (Å²) in [6, 6.07) is 0. The molecule has 8 nitrogen and oxygen atoms in total. The first-order valence-electron chi connectivity index (χ1n) is 6.00. The fourth-order valence-corrected chi connectivity index (χ4v) is 2.14. The molecule has 0 aromatic carbocycles. The monoisotopic (exact) mass is 267 g/mol. The van der Waals surface area contributed by atoms with Gasteiger partial charge < -0.3 is 26.0 Å². The molecule has 8 heteroatoms. The zero-order valence-electron chi connectivity index (χ0n) is 10.4. The molecule has 0 saturated carbocycles. The molecule has 0 aliphatic carbocycles. The predicted octanol–water partition coefficient (Wildman–Crippen LogP) is -0.431. The first-order valence-corrected chi connectivity index (χ1v) is 6.00. The highest BCUT2D eigenvalue weighted by Crippen LogP contribution is 2.31. The second-order valence-corrected chi connectivity index (χ2v) is 4.44. The Morgan fingerprint density at radius 1 is 1.63 bits per heavy atom. The van der Waals surface area contributed by atoms with E-state index < -0.39 is 5.41 Å². The third-order valence-electron chi connectivity index (χ3n) is 3.37. The van der Waals surface area contributed by atoms with Crippen LogP contribution >= 0.6 is 0 Å². The molecule has 2 heterocycles. The van der Waals surface area contributed by atoms with Crippen LogP contribution in [0.4, 0.5) is 0 Å². The molecule has 2 rings (SSSR count). The van der Waals surface area contributed by atoms with Crippen molar-refractivity contribution in [2.45, 2.75) is 19.4 Å². The number of H-pyrrole nitrogens is 1. The van der Waals surface area contributed by atoms with Crippen LogP contribution < -0.4 is 11.1 Å². The van der Waals surface area contributed by atoms with Crippen molar-refractivity contribution in [1.29, 1.82) is 0 Å². The number of amidine groups is 1. The Hall–Kier alpha value is -2.09. The van der Waals surface area contributed by atoms with E-state index in [0.29, 0.717) is 32.6 Å². The molecular weight excluding hydrogens is 250 g/mol. The number of nitrogens with two attached hydrogens (primary N) is 1. The Kier molecular flexibility index (Phi) is 4.00. The van der Waals surface area contributed by atoms with Gasteiger partial charge in [0.15, 0.2) is 5.84 Å². The Morgan fingerprint density at radius 3 is 2.95 bits per heavy atom. The van der Waals surface area contributed by atoms with Gasteiger partial charge in [0.25, 0.3) is 0 Å². The van der Waals surface area contributed by atoms with Crippen LogP contribution in [-0.4, -0.2) is 40.1 Å². The minimum Gasteiger partial charge on any atom is -0.409 e. The number of hydrogen-bond donors (Lipinski definition) is 4. The van der Waals surface area contributed by atoms with Crippen LogP contribution in [0.2, 0.25) is 0 Å². The highest BCUT2D eigenvalue weighted by atomic mass is 16.5. The first-order chi connectivity index (χ1) is 9.19. The minimum atomic E-state index is -0.993. The molecule has 1 aliphatic rings. The average Bonchev–Trinajstić information content (AvgIpc) is 2.97. The highest BCUT2D eigenvalue weighted by Gasteiger charge is 2.44. The fourth-order valence-electron chi connectivity index (χ4n) is 2.14. The predicted molar refractivity (Wildman–Crippen MR) is 66.3 cm³/mol. The van der Waals surface area contributed by atoms with Crippen LogP contribution in [0.5, 0.6) is 0 Å². The first kappa shape index (κ1) is 13.3. The van der Waals surface area contributed by atoms with Crippen LogP contribution in [-0.2, 0) is 16.1 Å². The second kappa shape index (κ2) is 5.70. The van der Waals surface area contributed by atoms with E-state index in [1.165, 1.54) is 6.33 Å². The highest BCUT2D eigenvalue weighted by molar-refractivity contribution is 6.06. The molecule has 0 atom stereocenters. The maximum atomic E-state index is 12.3. The molecule has 0 unspecified atom stereocenters. The van der Waals surface area contributed by atoms with E-state index in [0.717, 1.165) is 5.69 Å². The third kappa shape index (κ3) is 2.68. The van der Waals surface area contributed by atoms with Gasteiger partial charge in [0.1, 0.15) is 5.41 Å². The number of aromatic nitrogens is 2. The van der Waals surface area contributed by atoms with Gasteiger partial charge >= 0.3 is 0 Å². The normalized spacial score (nSPS) is 19.1. The zero-order valence-corrected chi connectivity index (χ0v) is 10.4. The topological polar surface area (TPSA) is 126 Å². The van der Waals surface area contributed by atoms with E-state index >= 15 is 0 Å². The number of carbonyl (C=O) groups excluding carboxylic acids is 1. The number of amides is 1. The summed E-state index contributed by atoms with van der Waals surface area (Å²) in [6.45, 7) is 1.14. The minimum absolute atomic E-state index is 0.0714. The maximum Gasteiger partial charge on any atom is 0.234 e. The number of nitrogens with one attached hydrogen (secondary N) is 2. The molecule has 1 amide bonds. The van der Waals surface area contributed by atoms with E-state index in [1.54, 1.807) is 6.20 Å². The molecule has 19 heavy (non-hydrogen) atoms. The van der Waals surface area contributed by atoms with Crippen LogP contribution in [0, 0.1) is 5.41 Å². The van der Waals surface area contributed by atoms with E-state index in [1.807, 2.05) is 0 Å². The molecule has 0 spiro atoms. The lowest BCUT2D eigenvalue weighted by atomic mass is 9.78. The lowest BCUT2D eigenvalue weighted by Crippen LogP contribution is -2.52. The Bertz CT molecular complexity index is 451. The second-order valence-electron chi connectivity index (χ2n) is 4.44. The van der Waals surface area contributed by atoms with Crippen molar-refractivity contribution in [2.75, 3.05) is 13.2 Å². The van der Waals surface area contributed by atoms with Gasteiger partial charge in [-0.3, -0.25) is 4.79 Å². The molecule has 1 aromatic rings. The molecule has 1 aliphatic heterocycles. The summed E-state index contributed by atoms with van der Waals surface area (Å²) in [5.41, 5.74) is 5.49. The molecular formula is C11H17N5O3. The largest absolute Gasteiger partial charge is 0.409 e. The Balaban J connectivity index is 2.07. The van der Waals surface area contributed by atoms with Crippen LogP contribution in [0.25, 0.3) is 0 Å². The van der Waals surface area contributed by atoms with Crippen molar-refractivity contribution in [3.63, 3.8) is 0 Å². The van der Waals surface area contributed by atoms with Gasteiger partial charge in [0.2, 0.25) is 5.91 Å². The van der Waals surface area contributed by atoms with Gasteiger partial charge in [0, 0.05) is 19.4 Å². The zero-order chi connectivity index (χ0) is 13.7. The molecule has 1 fully saturated rings. The summed E-state index contributed by atoms with van der Waals surface area (Å²) in [4.78, 5) is 19.1. The molecule has 104 valence electrons. The summed E-state index contributed by atoms with van der Waals surface area (Å²) in [6.07, 6.45) is 3.96. The van der Waals surface area contributed by atoms with Crippen molar-refractivity contribution >= 4 is 11.7 Å². The summed E-state index contributed by atoms with van der Waals surface area (Å²) in [7, 11) is 0. The molecule has 1 aromatic heterocycles. The smallest absolute Gasteiger partial charge is 0.234 e. The van der Waals surface area contributed by atoms with E-state index in [-0.39, 0.29) is 11.7 Å². The van der Waals surface area contributed by atoms with E-state index in [2.05, 4.69) is 20.4 Å². The van der Waals surface area contributed by atoms with E-state index in [4.69, 9.17) is 15.7 Å². The van der Waals surface area contributed by atoms with Gasteiger partial charge in [-0.2, -0.15) is 0 Å². The van der Waals surface area contributed by atoms with Crippen LogP contribution in [0.15, 0.2) is 17.7 Å². The summed E-state index contributed by atoms with van der Waals surface area (Å²) in [5.74, 6) is -0.335. The number of oxime groups is 1. The maximum absolute atomic E-state index is 12.3. The van der Waals surface area contributed by atoms with Crippen LogP contribution in [0.1, 0.15) is 18.5 Å². The Labute approximate surface area is 110 Å². The number of hydrogen-bond acceptors (Lipinski definition) is 5.